The number of carboxylic acids is 1. The van der Waals surface area contributed by atoms with Gasteiger partial charge in [-0.25, -0.2) is 4.79 Å². The molecule has 1 aromatic heterocycles. The molecule has 0 spiro atoms. The molecular formula is C12H10N4O2S. The minimum atomic E-state index is -0.985. The Hall–Kier alpha value is -2.54. The molecule has 0 amide bonds. The van der Waals surface area contributed by atoms with E-state index >= 15 is 0 Å². The largest absolute Gasteiger partial charge is 0.478 e. The van der Waals surface area contributed by atoms with Gasteiger partial charge in [0.25, 0.3) is 0 Å². The molecule has 96 valence electrons. The predicted octanol–water partition coefficient (Wildman–Crippen LogP) is 1.10. The van der Waals surface area contributed by atoms with Gasteiger partial charge in [0, 0.05) is 11.6 Å². The normalized spacial score (nSPS) is 10.7. The lowest BCUT2D eigenvalue weighted by Crippen LogP contribution is -2.24. The van der Waals surface area contributed by atoms with Crippen molar-refractivity contribution in [2.24, 2.45) is 10.8 Å². The fourth-order valence-corrected chi connectivity index (χ4v) is 1.73. The molecule has 1 aromatic carbocycles. The summed E-state index contributed by atoms with van der Waals surface area (Å²) in [5, 5.41) is 14.3. The summed E-state index contributed by atoms with van der Waals surface area (Å²) in [5.41, 5.74) is 8.41. The van der Waals surface area contributed by atoms with Gasteiger partial charge in [-0.3, -0.25) is 10.4 Å². The van der Waals surface area contributed by atoms with Gasteiger partial charge in [0.2, 0.25) is 0 Å². The second-order valence-electron chi connectivity index (χ2n) is 3.64. The SMILES string of the molecule is NC(=S)N/N=C/c1nccc2c(C(=O)O)cccc12. The fourth-order valence-electron chi connectivity index (χ4n) is 1.68. The van der Waals surface area contributed by atoms with Crippen LogP contribution in [0.15, 0.2) is 35.6 Å². The van der Waals surface area contributed by atoms with Gasteiger partial charge < -0.3 is 10.8 Å². The number of rotatable bonds is 3. The zero-order valence-electron chi connectivity index (χ0n) is 9.70. The van der Waals surface area contributed by atoms with Crippen LogP contribution in [0.5, 0.6) is 0 Å². The van der Waals surface area contributed by atoms with Crippen molar-refractivity contribution in [1.29, 1.82) is 0 Å². The molecule has 2 aromatic rings. The van der Waals surface area contributed by atoms with Gasteiger partial charge in [0.1, 0.15) is 0 Å². The van der Waals surface area contributed by atoms with Gasteiger partial charge in [-0.15, -0.1) is 0 Å². The summed E-state index contributed by atoms with van der Waals surface area (Å²) in [7, 11) is 0. The molecule has 0 saturated heterocycles. The molecule has 4 N–H and O–H groups in total. The highest BCUT2D eigenvalue weighted by molar-refractivity contribution is 7.80. The van der Waals surface area contributed by atoms with Crippen LogP contribution in [0.4, 0.5) is 0 Å². The topological polar surface area (TPSA) is 101 Å². The van der Waals surface area contributed by atoms with Crippen LogP contribution in [0.2, 0.25) is 0 Å². The standard InChI is InChI=1S/C12H10N4O2S/c13-12(19)16-15-6-10-8-2-1-3-9(11(17)18)7(8)4-5-14-10/h1-6H,(H,17,18)(H3,13,16,19)/b15-6+. The first-order valence-corrected chi connectivity index (χ1v) is 5.70. The maximum atomic E-state index is 11.1. The van der Waals surface area contributed by atoms with Gasteiger partial charge in [0.15, 0.2) is 5.11 Å². The number of carbonyl (C=O) groups is 1. The molecule has 0 aliphatic rings. The number of nitrogens with two attached hydrogens (primary N) is 1. The Bertz CT molecular complexity index is 684. The van der Waals surface area contributed by atoms with Crippen molar-refractivity contribution >= 4 is 40.3 Å². The second-order valence-corrected chi connectivity index (χ2v) is 4.08. The number of hydrogen-bond acceptors (Lipinski definition) is 4. The van der Waals surface area contributed by atoms with Crippen molar-refractivity contribution in [1.82, 2.24) is 10.4 Å². The first-order chi connectivity index (χ1) is 9.09. The minimum Gasteiger partial charge on any atom is -0.478 e. The molecular weight excluding hydrogens is 264 g/mol. The van der Waals surface area contributed by atoms with E-state index in [1.165, 1.54) is 12.4 Å². The Morgan fingerprint density at radius 2 is 2.21 bits per heavy atom. The van der Waals surface area contributed by atoms with Gasteiger partial charge in [-0.05, 0) is 29.7 Å². The lowest BCUT2D eigenvalue weighted by atomic mass is 10.0. The lowest BCUT2D eigenvalue weighted by Gasteiger charge is -2.04. The number of hydrogen-bond donors (Lipinski definition) is 3. The predicted molar refractivity (Wildman–Crippen MR) is 76.2 cm³/mol. The lowest BCUT2D eigenvalue weighted by molar-refractivity contribution is 0.0699. The highest BCUT2D eigenvalue weighted by Crippen LogP contribution is 2.20. The number of thiocarbonyl (C=S) groups is 1. The van der Waals surface area contributed by atoms with E-state index in [2.05, 4.69) is 27.7 Å². The van der Waals surface area contributed by atoms with Crippen molar-refractivity contribution in [3.63, 3.8) is 0 Å². The van der Waals surface area contributed by atoms with E-state index in [1.807, 2.05) is 0 Å². The number of fused-ring (bicyclic) bond motifs is 1. The molecule has 0 fully saturated rings. The van der Waals surface area contributed by atoms with Crippen LogP contribution < -0.4 is 11.2 Å². The average Bonchev–Trinajstić information content (AvgIpc) is 2.37. The molecule has 19 heavy (non-hydrogen) atoms. The van der Waals surface area contributed by atoms with Gasteiger partial charge in [-0.2, -0.15) is 5.10 Å². The summed E-state index contributed by atoms with van der Waals surface area (Å²) in [5.74, 6) is -0.985. The van der Waals surface area contributed by atoms with E-state index in [9.17, 15) is 4.79 Å². The van der Waals surface area contributed by atoms with Crippen LogP contribution in [-0.2, 0) is 0 Å². The zero-order valence-corrected chi connectivity index (χ0v) is 10.5. The number of hydrazone groups is 1. The van der Waals surface area contributed by atoms with Crippen LogP contribution in [0.25, 0.3) is 10.8 Å². The van der Waals surface area contributed by atoms with Crippen molar-refractivity contribution < 1.29 is 9.90 Å². The highest BCUT2D eigenvalue weighted by atomic mass is 32.1. The number of pyridine rings is 1. The van der Waals surface area contributed by atoms with Crippen LogP contribution in [0.3, 0.4) is 0 Å². The Morgan fingerprint density at radius 3 is 2.89 bits per heavy atom. The van der Waals surface area contributed by atoms with E-state index in [0.717, 1.165) is 0 Å². The molecule has 0 aliphatic heterocycles. The Morgan fingerprint density at radius 1 is 1.42 bits per heavy atom. The summed E-state index contributed by atoms with van der Waals surface area (Å²) in [6.07, 6.45) is 2.96. The maximum Gasteiger partial charge on any atom is 0.336 e. The first kappa shape index (κ1) is 12.9. The van der Waals surface area contributed by atoms with E-state index in [0.29, 0.717) is 16.5 Å². The van der Waals surface area contributed by atoms with Crippen LogP contribution in [-0.4, -0.2) is 27.4 Å². The average molecular weight is 274 g/mol. The number of carboxylic acid groups (broad SMARTS) is 1. The van der Waals surface area contributed by atoms with Gasteiger partial charge in [-0.1, -0.05) is 12.1 Å². The molecule has 0 aliphatic carbocycles. The molecule has 0 bridgehead atoms. The number of benzene rings is 1. The van der Waals surface area contributed by atoms with E-state index in [1.54, 1.807) is 24.3 Å². The van der Waals surface area contributed by atoms with Gasteiger partial charge in [0.05, 0.1) is 17.5 Å². The van der Waals surface area contributed by atoms with E-state index < -0.39 is 5.97 Å². The minimum absolute atomic E-state index is 0.0442. The fraction of sp³-hybridized carbons (Fsp3) is 0. The Kier molecular flexibility index (Phi) is 3.67. The van der Waals surface area contributed by atoms with Crippen LogP contribution in [0.1, 0.15) is 16.1 Å². The third-order valence-electron chi connectivity index (χ3n) is 2.43. The maximum absolute atomic E-state index is 11.1. The van der Waals surface area contributed by atoms with Crippen molar-refractivity contribution in [2.45, 2.75) is 0 Å². The second kappa shape index (κ2) is 5.40. The molecule has 0 saturated carbocycles. The summed E-state index contributed by atoms with van der Waals surface area (Å²) < 4.78 is 0. The number of aromatic carboxylic acids is 1. The summed E-state index contributed by atoms with van der Waals surface area (Å²) in [6, 6.07) is 6.62. The summed E-state index contributed by atoms with van der Waals surface area (Å²) >= 11 is 4.62. The molecule has 1 heterocycles. The number of nitrogens with zero attached hydrogens (tertiary/aromatic N) is 2. The zero-order chi connectivity index (χ0) is 13.8. The summed E-state index contributed by atoms with van der Waals surface area (Å²) in [6.45, 7) is 0. The number of nitrogens with one attached hydrogen (secondary N) is 1. The third-order valence-corrected chi connectivity index (χ3v) is 2.52. The van der Waals surface area contributed by atoms with Crippen molar-refractivity contribution in [3.05, 3.63) is 41.7 Å². The van der Waals surface area contributed by atoms with Crippen LogP contribution >= 0.6 is 12.2 Å². The smallest absolute Gasteiger partial charge is 0.336 e. The third kappa shape index (κ3) is 2.83. The first-order valence-electron chi connectivity index (χ1n) is 5.29. The molecule has 2 rings (SSSR count). The molecule has 0 unspecified atom stereocenters. The van der Waals surface area contributed by atoms with Gasteiger partial charge >= 0.3 is 5.97 Å². The Balaban J connectivity index is 2.52. The number of aromatic nitrogens is 1. The summed E-state index contributed by atoms with van der Waals surface area (Å²) in [4.78, 5) is 15.3. The monoisotopic (exact) mass is 274 g/mol. The van der Waals surface area contributed by atoms with E-state index in [-0.39, 0.29) is 10.7 Å². The van der Waals surface area contributed by atoms with Crippen molar-refractivity contribution in [2.75, 3.05) is 0 Å². The Labute approximate surface area is 113 Å². The van der Waals surface area contributed by atoms with Crippen molar-refractivity contribution in [3.8, 4) is 0 Å². The highest BCUT2D eigenvalue weighted by Gasteiger charge is 2.09. The molecule has 7 heteroatoms. The quantitative estimate of drug-likeness (QED) is 0.440. The molecule has 6 nitrogen and oxygen atoms in total. The van der Waals surface area contributed by atoms with E-state index in [4.69, 9.17) is 10.8 Å². The molecule has 0 atom stereocenters. The molecule has 0 radical (unpaired) electrons. The van der Waals surface area contributed by atoms with Crippen LogP contribution in [0, 0.1) is 0 Å².